The smallest absolute Gasteiger partial charge is 0.258 e. The lowest BCUT2D eigenvalue weighted by atomic mass is 9.86. The number of carbonyl (C=O) groups is 1. The predicted molar refractivity (Wildman–Crippen MR) is 119 cm³/mol. The fourth-order valence-corrected chi connectivity index (χ4v) is 5.33. The summed E-state index contributed by atoms with van der Waals surface area (Å²) in [5.74, 6) is 0.0770. The molecule has 0 saturated carbocycles. The van der Waals surface area contributed by atoms with Crippen LogP contribution in [0.3, 0.4) is 0 Å². The number of carbonyl (C=O) groups excluding carboxylic acids is 1. The van der Waals surface area contributed by atoms with Crippen LogP contribution < -0.4 is 15.6 Å². The number of aliphatic hydroxyl groups excluding tert-OH is 1. The molecule has 0 spiro atoms. The van der Waals surface area contributed by atoms with Gasteiger partial charge in [0.05, 0.1) is 19.1 Å². The van der Waals surface area contributed by atoms with Crippen molar-refractivity contribution in [3.05, 3.63) is 52.4 Å². The first-order valence-electron chi connectivity index (χ1n) is 11.1. The largest absolute Gasteiger partial charge is 0.497 e. The van der Waals surface area contributed by atoms with E-state index in [9.17, 15) is 14.7 Å². The van der Waals surface area contributed by atoms with Gasteiger partial charge in [0.2, 0.25) is 5.91 Å². The molecule has 1 aromatic carbocycles. The quantitative estimate of drug-likeness (QED) is 0.709. The number of nitrogens with one attached hydrogen (secondary N) is 1. The summed E-state index contributed by atoms with van der Waals surface area (Å²) >= 11 is 0. The van der Waals surface area contributed by atoms with E-state index in [4.69, 9.17) is 4.74 Å². The highest BCUT2D eigenvalue weighted by molar-refractivity contribution is 5.80. The molecule has 0 radical (unpaired) electrons. The van der Waals surface area contributed by atoms with Gasteiger partial charge in [-0.25, -0.2) is 0 Å². The Morgan fingerprint density at radius 2 is 2.06 bits per heavy atom. The molecule has 2 aliphatic rings. The molecule has 3 heterocycles. The van der Waals surface area contributed by atoms with Crippen molar-refractivity contribution in [1.29, 1.82) is 0 Å². The highest BCUT2D eigenvalue weighted by Crippen LogP contribution is 2.48. The molecule has 7 heteroatoms. The van der Waals surface area contributed by atoms with E-state index in [0.29, 0.717) is 24.4 Å². The van der Waals surface area contributed by atoms with Gasteiger partial charge in [0.25, 0.3) is 5.56 Å². The van der Waals surface area contributed by atoms with Crippen molar-refractivity contribution in [2.24, 2.45) is 11.8 Å². The molecule has 1 aromatic heterocycles. The maximum atomic E-state index is 13.5. The first-order chi connectivity index (χ1) is 15.0. The molecule has 2 aromatic rings. The average molecular weight is 426 g/mol. The summed E-state index contributed by atoms with van der Waals surface area (Å²) in [5.41, 5.74) is 2.20. The van der Waals surface area contributed by atoms with Crippen molar-refractivity contribution in [2.75, 3.05) is 26.8 Å². The molecule has 1 fully saturated rings. The van der Waals surface area contributed by atoms with Crippen molar-refractivity contribution in [1.82, 2.24) is 14.8 Å². The molecule has 1 amide bonds. The minimum atomic E-state index is -0.377. The number of ether oxygens (including phenoxy) is 1. The first kappa shape index (κ1) is 21.6. The number of rotatable bonds is 7. The van der Waals surface area contributed by atoms with Gasteiger partial charge >= 0.3 is 0 Å². The monoisotopic (exact) mass is 425 g/mol. The lowest BCUT2D eigenvalue weighted by molar-refractivity contribution is -0.127. The number of fused-ring (bicyclic) bond motifs is 4. The third kappa shape index (κ3) is 3.55. The minimum Gasteiger partial charge on any atom is -0.497 e. The molecule has 31 heavy (non-hydrogen) atoms. The van der Waals surface area contributed by atoms with E-state index in [1.807, 2.05) is 47.9 Å². The number of benzene rings is 1. The van der Waals surface area contributed by atoms with E-state index in [-0.39, 0.29) is 42.0 Å². The van der Waals surface area contributed by atoms with Crippen LogP contribution in [0.4, 0.5) is 0 Å². The molecule has 0 aliphatic carbocycles. The lowest BCUT2D eigenvalue weighted by Gasteiger charge is -2.37. The third-order valence-electron chi connectivity index (χ3n) is 6.77. The van der Waals surface area contributed by atoms with Gasteiger partial charge in [-0.2, -0.15) is 0 Å². The standard InChI is InChI=1S/C24H31N3O4/c1-4-11-25-23(29)21-18(14-28)20-13-27-19(22(21)26(20)5-2)10-9-17(24(27)30)15-7-6-8-16(12-15)31-3/h6-10,12,18,20-22,28H,4-5,11,13-14H2,1-3H3,(H,25,29)/t18-,20-,21+,22+/m0/s1. The molecule has 2 bridgehead atoms. The molecular weight excluding hydrogens is 394 g/mol. The van der Waals surface area contributed by atoms with Crippen LogP contribution in [0.25, 0.3) is 11.1 Å². The Bertz CT molecular complexity index is 1020. The highest BCUT2D eigenvalue weighted by atomic mass is 16.5. The SMILES string of the molecule is CCCNC(=O)[C@@H]1[C@@H](CO)[C@@H]2Cn3c(ccc(-c4cccc(OC)c4)c3=O)[C@H]1N2CC. The summed E-state index contributed by atoms with van der Waals surface area (Å²) in [6, 6.07) is 11.0. The van der Waals surface area contributed by atoms with Crippen LogP contribution in [0.2, 0.25) is 0 Å². The number of methoxy groups -OCH3 is 1. The Morgan fingerprint density at radius 3 is 2.74 bits per heavy atom. The molecule has 2 N–H and O–H groups in total. The summed E-state index contributed by atoms with van der Waals surface area (Å²) in [7, 11) is 1.61. The number of likely N-dealkylation sites (N-methyl/N-ethyl adjacent to an activating group) is 1. The summed E-state index contributed by atoms with van der Waals surface area (Å²) < 4.78 is 7.13. The Balaban J connectivity index is 1.80. The number of aromatic nitrogens is 1. The maximum absolute atomic E-state index is 13.5. The molecular formula is C24H31N3O4. The second-order valence-corrected chi connectivity index (χ2v) is 8.33. The van der Waals surface area contributed by atoms with Crippen LogP contribution in [-0.4, -0.2) is 53.3 Å². The molecule has 1 saturated heterocycles. The van der Waals surface area contributed by atoms with Crippen molar-refractivity contribution in [3.63, 3.8) is 0 Å². The van der Waals surface area contributed by atoms with Gasteiger partial charge < -0.3 is 19.7 Å². The number of nitrogens with zero attached hydrogens (tertiary/aromatic N) is 2. The molecule has 7 nitrogen and oxygen atoms in total. The van der Waals surface area contributed by atoms with E-state index in [1.54, 1.807) is 7.11 Å². The minimum absolute atomic E-state index is 0.0374. The number of hydrogen-bond donors (Lipinski definition) is 2. The summed E-state index contributed by atoms with van der Waals surface area (Å²) in [6.45, 7) is 5.85. The van der Waals surface area contributed by atoms with Crippen molar-refractivity contribution in [2.45, 2.75) is 38.9 Å². The average Bonchev–Trinajstić information content (AvgIpc) is 3.03. The number of amides is 1. The van der Waals surface area contributed by atoms with Crippen LogP contribution in [0.5, 0.6) is 5.75 Å². The van der Waals surface area contributed by atoms with Gasteiger partial charge in [-0.1, -0.05) is 26.0 Å². The van der Waals surface area contributed by atoms with Crippen molar-refractivity contribution >= 4 is 5.91 Å². The molecule has 4 atom stereocenters. The summed E-state index contributed by atoms with van der Waals surface area (Å²) in [6.07, 6.45) is 0.855. The number of pyridine rings is 1. The van der Waals surface area contributed by atoms with E-state index < -0.39 is 0 Å². The fraction of sp³-hybridized carbons (Fsp3) is 0.500. The topological polar surface area (TPSA) is 83.8 Å². The second-order valence-electron chi connectivity index (χ2n) is 8.33. The Morgan fingerprint density at radius 1 is 1.26 bits per heavy atom. The zero-order valence-electron chi connectivity index (χ0n) is 18.4. The predicted octanol–water partition coefficient (Wildman–Crippen LogP) is 2.03. The Kier molecular flexibility index (Phi) is 6.16. The number of hydrogen-bond acceptors (Lipinski definition) is 5. The van der Waals surface area contributed by atoms with E-state index in [0.717, 1.165) is 24.2 Å². The molecule has 4 rings (SSSR count). The maximum Gasteiger partial charge on any atom is 0.258 e. The van der Waals surface area contributed by atoms with Gasteiger partial charge in [0.15, 0.2) is 0 Å². The molecule has 0 unspecified atom stereocenters. The number of aliphatic hydroxyl groups is 1. The van der Waals surface area contributed by atoms with Gasteiger partial charge in [-0.15, -0.1) is 0 Å². The normalized spacial score (nSPS) is 24.6. The van der Waals surface area contributed by atoms with Crippen LogP contribution in [0.1, 0.15) is 32.0 Å². The Labute approximate surface area is 182 Å². The van der Waals surface area contributed by atoms with Crippen molar-refractivity contribution < 1.29 is 14.6 Å². The first-order valence-corrected chi connectivity index (χ1v) is 11.1. The zero-order chi connectivity index (χ0) is 22.1. The van der Waals surface area contributed by atoms with E-state index in [2.05, 4.69) is 17.1 Å². The zero-order valence-corrected chi connectivity index (χ0v) is 18.4. The summed E-state index contributed by atoms with van der Waals surface area (Å²) in [4.78, 5) is 28.9. The van der Waals surface area contributed by atoms with Crippen LogP contribution in [-0.2, 0) is 11.3 Å². The Hall–Kier alpha value is -2.64. The second kappa shape index (κ2) is 8.85. The summed E-state index contributed by atoms with van der Waals surface area (Å²) in [5, 5.41) is 13.2. The highest BCUT2D eigenvalue weighted by Gasteiger charge is 2.55. The van der Waals surface area contributed by atoms with Crippen LogP contribution >= 0.6 is 0 Å². The molecule has 166 valence electrons. The van der Waals surface area contributed by atoms with Gasteiger partial charge in [-0.05, 0) is 42.8 Å². The van der Waals surface area contributed by atoms with Crippen LogP contribution in [0.15, 0.2) is 41.2 Å². The van der Waals surface area contributed by atoms with Crippen molar-refractivity contribution in [3.8, 4) is 16.9 Å². The van der Waals surface area contributed by atoms with Gasteiger partial charge in [-0.3, -0.25) is 14.5 Å². The fourth-order valence-electron chi connectivity index (χ4n) is 5.33. The lowest BCUT2D eigenvalue weighted by Crippen LogP contribution is -2.46. The van der Waals surface area contributed by atoms with Gasteiger partial charge in [0.1, 0.15) is 5.75 Å². The third-order valence-corrected chi connectivity index (χ3v) is 6.77. The van der Waals surface area contributed by atoms with Gasteiger partial charge in [0, 0.05) is 42.9 Å². The molecule has 2 aliphatic heterocycles. The van der Waals surface area contributed by atoms with Crippen LogP contribution in [0, 0.1) is 11.8 Å². The van der Waals surface area contributed by atoms with E-state index >= 15 is 0 Å². The van der Waals surface area contributed by atoms with E-state index in [1.165, 1.54) is 0 Å².